The number of hydrogen-bond donors (Lipinski definition) is 1. The number of hydrogen-bond acceptors (Lipinski definition) is 2. The average Bonchev–Trinajstić information content (AvgIpc) is 2.39. The molecule has 4 heteroatoms. The van der Waals surface area contributed by atoms with Crippen molar-refractivity contribution in [3.8, 4) is 0 Å². The van der Waals surface area contributed by atoms with E-state index in [4.69, 9.17) is 9.84 Å². The summed E-state index contributed by atoms with van der Waals surface area (Å²) in [6.07, 6.45) is 3.31. The zero-order valence-electron chi connectivity index (χ0n) is 7.77. The second kappa shape index (κ2) is 3.18. The van der Waals surface area contributed by atoms with Crippen LogP contribution >= 0.6 is 0 Å². The number of amides is 1. The van der Waals surface area contributed by atoms with E-state index in [0.717, 1.165) is 19.3 Å². The van der Waals surface area contributed by atoms with E-state index in [9.17, 15) is 4.79 Å². The van der Waals surface area contributed by atoms with Gasteiger partial charge in [-0.15, -0.1) is 0 Å². The predicted octanol–water partition coefficient (Wildman–Crippen LogP) is 1.65. The number of rotatable bonds is 0. The molecule has 74 valence electrons. The third-order valence-electron chi connectivity index (χ3n) is 3.01. The summed E-state index contributed by atoms with van der Waals surface area (Å²) in [5.74, 6) is 0. The monoisotopic (exact) mass is 185 g/mol. The zero-order chi connectivity index (χ0) is 9.42. The molecule has 0 aromatic heterocycles. The summed E-state index contributed by atoms with van der Waals surface area (Å²) in [6.45, 7) is 1.81. The van der Waals surface area contributed by atoms with Gasteiger partial charge in [0.1, 0.15) is 6.23 Å². The molecule has 1 N–H and O–H groups in total. The average molecular weight is 185 g/mol. The van der Waals surface area contributed by atoms with Crippen LogP contribution in [0.3, 0.4) is 0 Å². The Kier molecular flexibility index (Phi) is 2.15. The second-order valence-electron chi connectivity index (χ2n) is 3.82. The Morgan fingerprint density at radius 3 is 2.85 bits per heavy atom. The third kappa shape index (κ3) is 1.39. The first-order valence-corrected chi connectivity index (χ1v) is 4.87. The lowest BCUT2D eigenvalue weighted by Crippen LogP contribution is -2.42. The summed E-state index contributed by atoms with van der Waals surface area (Å²) in [5.41, 5.74) is 0. The van der Waals surface area contributed by atoms with Crippen molar-refractivity contribution < 1.29 is 14.6 Å². The lowest BCUT2D eigenvalue weighted by atomic mass is 9.92. The molecule has 2 rings (SSSR count). The molecule has 2 fully saturated rings. The Balaban J connectivity index is 2.13. The van der Waals surface area contributed by atoms with Gasteiger partial charge in [-0.25, -0.2) is 4.79 Å². The minimum absolute atomic E-state index is 0.112. The Morgan fingerprint density at radius 2 is 2.15 bits per heavy atom. The maximum absolute atomic E-state index is 10.9. The third-order valence-corrected chi connectivity index (χ3v) is 3.01. The Bertz CT molecular complexity index is 219. The van der Waals surface area contributed by atoms with E-state index in [1.54, 1.807) is 0 Å². The smallest absolute Gasteiger partial charge is 0.409 e. The van der Waals surface area contributed by atoms with Gasteiger partial charge in [0.2, 0.25) is 0 Å². The molecule has 0 aromatic carbocycles. The molecule has 3 atom stereocenters. The molecule has 0 unspecified atom stereocenters. The van der Waals surface area contributed by atoms with Gasteiger partial charge < -0.3 is 9.84 Å². The fraction of sp³-hybridized carbons (Fsp3) is 0.889. The molecular weight excluding hydrogens is 170 g/mol. The van der Waals surface area contributed by atoms with Gasteiger partial charge in [0.05, 0.1) is 12.1 Å². The molecule has 0 spiro atoms. The van der Waals surface area contributed by atoms with Crippen molar-refractivity contribution in [2.75, 3.05) is 0 Å². The van der Waals surface area contributed by atoms with Crippen LogP contribution in [0.4, 0.5) is 4.79 Å². The van der Waals surface area contributed by atoms with Gasteiger partial charge in [-0.3, -0.25) is 4.90 Å². The minimum atomic E-state index is -0.845. The molecule has 0 aromatic rings. The molecular formula is C9H15NO3. The maximum atomic E-state index is 10.9. The van der Waals surface area contributed by atoms with E-state index in [1.165, 1.54) is 11.3 Å². The van der Waals surface area contributed by atoms with Gasteiger partial charge in [0, 0.05) is 0 Å². The Morgan fingerprint density at radius 1 is 1.46 bits per heavy atom. The molecule has 13 heavy (non-hydrogen) atoms. The van der Waals surface area contributed by atoms with Crippen LogP contribution in [0.1, 0.15) is 32.6 Å². The number of carboxylic acid groups (broad SMARTS) is 1. The van der Waals surface area contributed by atoms with E-state index in [0.29, 0.717) is 0 Å². The predicted molar refractivity (Wildman–Crippen MR) is 46.5 cm³/mol. The topological polar surface area (TPSA) is 49.8 Å². The van der Waals surface area contributed by atoms with Crippen molar-refractivity contribution in [2.45, 2.75) is 51.0 Å². The quantitative estimate of drug-likeness (QED) is 0.624. The Hall–Kier alpha value is -0.770. The fourth-order valence-corrected chi connectivity index (χ4v) is 2.44. The van der Waals surface area contributed by atoms with Gasteiger partial charge in [-0.2, -0.15) is 0 Å². The van der Waals surface area contributed by atoms with Crippen molar-refractivity contribution in [3.05, 3.63) is 0 Å². The van der Waals surface area contributed by atoms with Gasteiger partial charge >= 0.3 is 6.09 Å². The van der Waals surface area contributed by atoms with Gasteiger partial charge in [-0.1, -0.05) is 12.8 Å². The Labute approximate surface area is 77.5 Å². The largest absolute Gasteiger partial charge is 0.465 e. The van der Waals surface area contributed by atoms with Crippen molar-refractivity contribution in [3.63, 3.8) is 0 Å². The van der Waals surface area contributed by atoms with Crippen LogP contribution in [-0.4, -0.2) is 34.5 Å². The van der Waals surface area contributed by atoms with Crippen molar-refractivity contribution in [2.24, 2.45) is 0 Å². The normalized spacial score (nSPS) is 38.8. The SMILES string of the molecule is C[C@@H]1O[C@H]2CCCC[C@@H]2N1C(=O)O. The first kappa shape index (κ1) is 8.81. The first-order valence-electron chi connectivity index (χ1n) is 4.87. The summed E-state index contributed by atoms with van der Waals surface area (Å²) in [4.78, 5) is 12.4. The van der Waals surface area contributed by atoms with E-state index < -0.39 is 6.09 Å². The molecule has 1 heterocycles. The highest BCUT2D eigenvalue weighted by Gasteiger charge is 2.43. The molecule has 0 radical (unpaired) electrons. The maximum Gasteiger partial charge on any atom is 0.409 e. The number of fused-ring (bicyclic) bond motifs is 1. The number of nitrogens with zero attached hydrogens (tertiary/aromatic N) is 1. The highest BCUT2D eigenvalue weighted by atomic mass is 16.5. The number of carbonyl (C=O) groups is 1. The summed E-state index contributed by atoms with van der Waals surface area (Å²) >= 11 is 0. The van der Waals surface area contributed by atoms with E-state index in [-0.39, 0.29) is 18.4 Å². The molecule has 1 amide bonds. The lowest BCUT2D eigenvalue weighted by Gasteiger charge is -2.28. The minimum Gasteiger partial charge on any atom is -0.465 e. The fourth-order valence-electron chi connectivity index (χ4n) is 2.44. The van der Waals surface area contributed by atoms with Gasteiger partial charge in [0.15, 0.2) is 0 Å². The molecule has 2 aliphatic rings. The summed E-state index contributed by atoms with van der Waals surface area (Å²) < 4.78 is 5.58. The van der Waals surface area contributed by atoms with Crippen LogP contribution in [0.2, 0.25) is 0 Å². The van der Waals surface area contributed by atoms with Crippen molar-refractivity contribution in [1.29, 1.82) is 0 Å². The second-order valence-corrected chi connectivity index (χ2v) is 3.82. The van der Waals surface area contributed by atoms with E-state index in [2.05, 4.69) is 0 Å². The van der Waals surface area contributed by atoms with E-state index in [1.807, 2.05) is 6.92 Å². The molecule has 0 bridgehead atoms. The van der Waals surface area contributed by atoms with Crippen LogP contribution in [0.15, 0.2) is 0 Å². The highest BCUT2D eigenvalue weighted by molar-refractivity contribution is 5.66. The highest BCUT2D eigenvalue weighted by Crippen LogP contribution is 2.33. The molecule has 1 aliphatic carbocycles. The summed E-state index contributed by atoms with van der Waals surface area (Å²) in [7, 11) is 0. The van der Waals surface area contributed by atoms with Crippen LogP contribution in [0.5, 0.6) is 0 Å². The summed E-state index contributed by atoms with van der Waals surface area (Å²) in [5, 5.41) is 8.97. The van der Waals surface area contributed by atoms with Crippen molar-refractivity contribution in [1.82, 2.24) is 4.90 Å². The number of ether oxygens (including phenoxy) is 1. The molecule has 1 aliphatic heterocycles. The van der Waals surface area contributed by atoms with Gasteiger partial charge in [0.25, 0.3) is 0 Å². The van der Waals surface area contributed by atoms with Crippen molar-refractivity contribution >= 4 is 6.09 Å². The summed E-state index contributed by atoms with van der Waals surface area (Å²) in [6, 6.07) is 0.112. The lowest BCUT2D eigenvalue weighted by molar-refractivity contribution is 0.0132. The van der Waals surface area contributed by atoms with E-state index >= 15 is 0 Å². The van der Waals surface area contributed by atoms with Crippen LogP contribution in [-0.2, 0) is 4.74 Å². The standard InChI is InChI=1S/C9H15NO3/c1-6-10(9(11)12)7-4-2-3-5-8(7)13-6/h6-8H,2-5H2,1H3,(H,11,12)/t6-,7-,8-/m0/s1. The molecule has 4 nitrogen and oxygen atoms in total. The van der Waals surface area contributed by atoms with Crippen LogP contribution < -0.4 is 0 Å². The van der Waals surface area contributed by atoms with Crippen LogP contribution in [0.25, 0.3) is 0 Å². The van der Waals surface area contributed by atoms with Crippen LogP contribution in [0, 0.1) is 0 Å². The molecule has 1 saturated carbocycles. The zero-order valence-corrected chi connectivity index (χ0v) is 7.77. The van der Waals surface area contributed by atoms with Gasteiger partial charge in [-0.05, 0) is 19.8 Å². The first-order chi connectivity index (χ1) is 6.20. The molecule has 1 saturated heterocycles.